The molecular formula is C14H22BN3O3S. The smallest absolute Gasteiger partial charge is 0.242 e. The lowest BCUT2D eigenvalue weighted by atomic mass is 10.2. The van der Waals surface area contributed by atoms with E-state index in [2.05, 4.69) is 10.5 Å². The number of nitrogens with zero attached hydrogens (tertiary/aromatic N) is 2. The maximum atomic E-state index is 12.1. The van der Waals surface area contributed by atoms with Crippen molar-refractivity contribution in [3.05, 3.63) is 0 Å². The summed E-state index contributed by atoms with van der Waals surface area (Å²) in [6, 6.07) is 0. The summed E-state index contributed by atoms with van der Waals surface area (Å²) < 4.78 is 0. The number of likely N-dealkylation sites (tertiary alicyclic amines) is 1. The van der Waals surface area contributed by atoms with Gasteiger partial charge in [-0.2, -0.15) is 5.10 Å². The van der Waals surface area contributed by atoms with Gasteiger partial charge in [-0.15, -0.1) is 11.8 Å². The zero-order chi connectivity index (χ0) is 16.5. The van der Waals surface area contributed by atoms with Gasteiger partial charge in [0.25, 0.3) is 0 Å². The molecule has 1 N–H and O–H groups in total. The average molecular weight is 323 g/mol. The molecule has 8 heteroatoms. The summed E-state index contributed by atoms with van der Waals surface area (Å²) in [5.74, 6) is -0.347. The maximum absolute atomic E-state index is 12.1. The van der Waals surface area contributed by atoms with Crippen molar-refractivity contribution in [1.82, 2.24) is 10.3 Å². The van der Waals surface area contributed by atoms with E-state index in [4.69, 9.17) is 7.85 Å². The molecule has 120 valence electrons. The Bertz CT molecular complexity index is 443. The van der Waals surface area contributed by atoms with Crippen molar-refractivity contribution in [2.45, 2.75) is 56.5 Å². The molecule has 0 bridgehead atoms. The zero-order valence-electron chi connectivity index (χ0n) is 13.1. The van der Waals surface area contributed by atoms with E-state index in [1.807, 2.05) is 13.8 Å². The van der Waals surface area contributed by atoms with Gasteiger partial charge in [0.1, 0.15) is 7.85 Å². The summed E-state index contributed by atoms with van der Waals surface area (Å²) >= 11 is 1.54. The van der Waals surface area contributed by atoms with Gasteiger partial charge in [0, 0.05) is 19.4 Å². The minimum absolute atomic E-state index is 0.0706. The third-order valence-electron chi connectivity index (χ3n) is 3.19. The summed E-state index contributed by atoms with van der Waals surface area (Å²) in [4.78, 5) is 36.6. The van der Waals surface area contributed by atoms with Crippen molar-refractivity contribution < 1.29 is 14.4 Å². The van der Waals surface area contributed by atoms with Crippen molar-refractivity contribution in [1.29, 1.82) is 0 Å². The largest absolute Gasteiger partial charge is 0.282 e. The number of unbranched alkanes of at least 4 members (excludes halogenated alkanes) is 2. The predicted octanol–water partition coefficient (Wildman–Crippen LogP) is 1.04. The van der Waals surface area contributed by atoms with Crippen LogP contribution in [0.5, 0.6) is 0 Å². The van der Waals surface area contributed by atoms with Gasteiger partial charge in [0.15, 0.2) is 0 Å². The summed E-state index contributed by atoms with van der Waals surface area (Å²) in [5.41, 5.74) is 2.29. The van der Waals surface area contributed by atoms with E-state index in [1.54, 1.807) is 11.8 Å². The van der Waals surface area contributed by atoms with E-state index in [0.717, 1.165) is 12.5 Å². The van der Waals surface area contributed by atoms with Crippen LogP contribution < -0.4 is 5.43 Å². The number of hydrogen-bond donors (Lipinski definition) is 1. The Morgan fingerprint density at radius 2 is 2.18 bits per heavy atom. The van der Waals surface area contributed by atoms with Crippen LogP contribution in [0.1, 0.15) is 46.0 Å². The van der Waals surface area contributed by atoms with Crippen LogP contribution in [0.25, 0.3) is 0 Å². The molecular weight excluding hydrogens is 301 g/mol. The predicted molar refractivity (Wildman–Crippen MR) is 88.7 cm³/mol. The number of carbonyl (C=O) groups excluding carboxylic acids is 3. The van der Waals surface area contributed by atoms with Crippen molar-refractivity contribution in [2.24, 2.45) is 5.10 Å². The third-order valence-corrected chi connectivity index (χ3v) is 4.43. The Morgan fingerprint density at radius 1 is 1.45 bits per heavy atom. The molecule has 1 unspecified atom stereocenters. The third kappa shape index (κ3) is 6.21. The van der Waals surface area contributed by atoms with Crippen molar-refractivity contribution in [3.63, 3.8) is 0 Å². The molecule has 6 nitrogen and oxygen atoms in total. The number of hydrogen-bond acceptors (Lipinski definition) is 5. The highest BCUT2D eigenvalue weighted by atomic mass is 32.2. The monoisotopic (exact) mass is 323 g/mol. The second-order valence-corrected chi connectivity index (χ2v) is 7.17. The lowest BCUT2D eigenvalue weighted by Gasteiger charge is -2.15. The number of amides is 3. The van der Waals surface area contributed by atoms with E-state index in [0.29, 0.717) is 37.5 Å². The topological polar surface area (TPSA) is 78.8 Å². The first-order valence-corrected chi connectivity index (χ1v) is 8.41. The summed E-state index contributed by atoms with van der Waals surface area (Å²) in [7, 11) is 5.01. The fourth-order valence-electron chi connectivity index (χ4n) is 2.22. The Labute approximate surface area is 136 Å². The van der Waals surface area contributed by atoms with E-state index in [1.165, 1.54) is 4.90 Å². The van der Waals surface area contributed by atoms with Gasteiger partial charge in [-0.25, -0.2) is 5.43 Å². The van der Waals surface area contributed by atoms with Gasteiger partial charge in [-0.3, -0.25) is 19.3 Å². The van der Waals surface area contributed by atoms with E-state index < -0.39 is 0 Å². The van der Waals surface area contributed by atoms with Crippen LogP contribution in [0, 0.1) is 0 Å². The molecule has 1 atom stereocenters. The van der Waals surface area contributed by atoms with Crippen LogP contribution in [0.15, 0.2) is 5.10 Å². The maximum Gasteiger partial charge on any atom is 0.242 e. The van der Waals surface area contributed by atoms with Gasteiger partial charge in [0.2, 0.25) is 17.7 Å². The number of rotatable bonds is 9. The normalized spacial score (nSPS) is 18.7. The molecule has 0 aromatic heterocycles. The lowest BCUT2D eigenvalue weighted by molar-refractivity contribution is -0.138. The fourth-order valence-corrected chi connectivity index (χ4v) is 3.36. The SMILES string of the molecule is [B]/C=N/NC(=O)CCCCCN1C(=O)CC(SC(C)C)C1=O. The van der Waals surface area contributed by atoms with Crippen LogP contribution in [0.2, 0.25) is 0 Å². The van der Waals surface area contributed by atoms with Crippen LogP contribution >= 0.6 is 11.8 Å². The standard InChI is InChI=1S/C14H22BN3O3S/c1-10(2)22-11-8-13(20)18(14(11)21)7-5-3-4-6-12(19)17-16-9-15/h9-11H,3-8H2,1-2H3,(H,17,19)/b16-9+. The molecule has 1 heterocycles. The Morgan fingerprint density at radius 3 is 2.82 bits per heavy atom. The molecule has 1 saturated heterocycles. The van der Waals surface area contributed by atoms with Gasteiger partial charge in [-0.05, 0) is 24.2 Å². The highest BCUT2D eigenvalue weighted by molar-refractivity contribution is 8.01. The molecule has 2 radical (unpaired) electrons. The van der Waals surface area contributed by atoms with E-state index in [-0.39, 0.29) is 23.0 Å². The molecule has 0 saturated carbocycles. The molecule has 0 aromatic rings. The van der Waals surface area contributed by atoms with Crippen LogP contribution in [-0.2, 0) is 14.4 Å². The lowest BCUT2D eigenvalue weighted by Crippen LogP contribution is -2.32. The zero-order valence-corrected chi connectivity index (χ0v) is 13.9. The second-order valence-electron chi connectivity index (χ2n) is 5.39. The van der Waals surface area contributed by atoms with Gasteiger partial charge < -0.3 is 0 Å². The average Bonchev–Trinajstić information content (AvgIpc) is 2.71. The van der Waals surface area contributed by atoms with E-state index >= 15 is 0 Å². The molecule has 1 aliphatic heterocycles. The highest BCUT2D eigenvalue weighted by Crippen LogP contribution is 2.28. The number of imide groups is 1. The molecule has 0 spiro atoms. The van der Waals surface area contributed by atoms with Gasteiger partial charge in [0.05, 0.1) is 5.25 Å². The van der Waals surface area contributed by atoms with Crippen molar-refractivity contribution in [3.8, 4) is 0 Å². The fraction of sp³-hybridized carbons (Fsp3) is 0.714. The molecule has 0 aliphatic carbocycles. The molecule has 22 heavy (non-hydrogen) atoms. The minimum Gasteiger partial charge on any atom is -0.282 e. The Balaban J connectivity index is 2.23. The molecule has 1 rings (SSSR count). The first-order valence-electron chi connectivity index (χ1n) is 7.47. The summed E-state index contributed by atoms with van der Waals surface area (Å²) in [6.45, 7) is 4.48. The number of thioether (sulfide) groups is 1. The quantitative estimate of drug-likeness (QED) is 0.226. The first kappa shape index (κ1) is 18.7. The summed E-state index contributed by atoms with van der Waals surface area (Å²) in [6.07, 6.45) is 3.86. The Kier molecular flexibility index (Phi) is 8.23. The van der Waals surface area contributed by atoms with Crippen molar-refractivity contribution >= 4 is 43.4 Å². The summed E-state index contributed by atoms with van der Waals surface area (Å²) in [5, 5.41) is 3.54. The van der Waals surface area contributed by atoms with Crippen molar-refractivity contribution in [2.75, 3.05) is 6.54 Å². The molecule has 1 aliphatic rings. The molecule has 3 amide bonds. The second kappa shape index (κ2) is 9.66. The van der Waals surface area contributed by atoms with Crippen LogP contribution in [0.4, 0.5) is 0 Å². The number of hydrazone groups is 1. The Hall–Kier alpha value is -1.31. The van der Waals surface area contributed by atoms with E-state index in [9.17, 15) is 14.4 Å². The number of nitrogens with one attached hydrogen (secondary N) is 1. The molecule has 1 fully saturated rings. The first-order chi connectivity index (χ1) is 10.5. The van der Waals surface area contributed by atoms with Crippen LogP contribution in [0.3, 0.4) is 0 Å². The minimum atomic E-state index is -0.229. The highest BCUT2D eigenvalue weighted by Gasteiger charge is 2.38. The molecule has 0 aromatic carbocycles. The van der Waals surface area contributed by atoms with Gasteiger partial charge in [-0.1, -0.05) is 20.3 Å². The van der Waals surface area contributed by atoms with Crippen LogP contribution in [-0.4, -0.2) is 53.6 Å². The van der Waals surface area contributed by atoms with Gasteiger partial charge >= 0.3 is 0 Å². The number of carbonyl (C=O) groups is 3.